The molecular formula is C36H27ClN6O3S. The molecule has 2 aliphatic carbocycles. The number of anilines is 3. The van der Waals surface area contributed by atoms with Crippen molar-refractivity contribution in [1.29, 1.82) is 0 Å². The van der Waals surface area contributed by atoms with Gasteiger partial charge in [0.25, 0.3) is 0 Å². The van der Waals surface area contributed by atoms with Crippen LogP contribution in [0.2, 0.25) is 5.02 Å². The monoisotopic (exact) mass is 658 g/mol. The molecule has 11 heteroatoms. The van der Waals surface area contributed by atoms with E-state index in [4.69, 9.17) is 11.6 Å². The van der Waals surface area contributed by atoms with Gasteiger partial charge < -0.3 is 15.1 Å². The number of Topliss-reactive ketones (excluding diaryl/α,β-unsaturated/α-hetero) is 2. The SMILES string of the molecule is CC1C=c2c(ccc3c2=CC(=O)c2ccccc2-3)C(C)(N2CN(CC(=O)Nc3ncc(-c4ccc(Cl)cc4)s3)c3cncnc32)C1=O. The largest absolute Gasteiger partial charge is 0.340 e. The van der Waals surface area contributed by atoms with Gasteiger partial charge in [0.15, 0.2) is 22.5 Å². The van der Waals surface area contributed by atoms with Crippen molar-refractivity contribution in [3.8, 4) is 21.6 Å². The molecule has 3 aromatic carbocycles. The molecular weight excluding hydrogens is 632 g/mol. The van der Waals surface area contributed by atoms with Crippen LogP contribution in [0.1, 0.15) is 29.8 Å². The second kappa shape index (κ2) is 11.0. The van der Waals surface area contributed by atoms with Crippen LogP contribution in [0.25, 0.3) is 33.7 Å². The van der Waals surface area contributed by atoms with Crippen LogP contribution < -0.4 is 25.6 Å². The number of fused-ring (bicyclic) bond motifs is 6. The minimum absolute atomic E-state index is 0.000800. The summed E-state index contributed by atoms with van der Waals surface area (Å²) in [5.74, 6) is -0.186. The van der Waals surface area contributed by atoms with Crippen molar-refractivity contribution in [1.82, 2.24) is 15.0 Å². The number of hydrogen-bond acceptors (Lipinski definition) is 9. The highest BCUT2D eigenvalue weighted by Crippen LogP contribution is 2.44. The van der Waals surface area contributed by atoms with Crippen molar-refractivity contribution in [3.63, 3.8) is 0 Å². The first kappa shape index (κ1) is 29.2. The Morgan fingerprint density at radius 2 is 1.79 bits per heavy atom. The van der Waals surface area contributed by atoms with Gasteiger partial charge in [-0.1, -0.05) is 84.5 Å². The van der Waals surface area contributed by atoms with Crippen molar-refractivity contribution >= 4 is 69.2 Å². The standard InChI is InChI=1S/C36H27ClN6O3S/c1-20-13-27-26-14-30(44)25-6-4-3-5-23(25)24(26)11-12-28(27)36(2,33(20)46)43-19-42(29-15-38-18-40-34(29)43)17-32(45)41-35-39-16-31(47-35)21-7-9-22(37)10-8-21/h3-16,18,20H,17,19H2,1-2H3,(H,39,41,45). The van der Waals surface area contributed by atoms with Gasteiger partial charge in [0, 0.05) is 22.7 Å². The molecule has 3 aliphatic rings. The third kappa shape index (κ3) is 4.66. The zero-order valence-corrected chi connectivity index (χ0v) is 27.0. The van der Waals surface area contributed by atoms with E-state index in [1.807, 2.05) is 90.4 Å². The summed E-state index contributed by atoms with van der Waals surface area (Å²) in [6, 6.07) is 19.0. The Kier molecular flexibility index (Phi) is 6.82. The van der Waals surface area contributed by atoms with E-state index in [1.165, 1.54) is 17.7 Å². The number of hydrogen-bond donors (Lipinski definition) is 1. The molecule has 5 aromatic rings. The molecule has 2 atom stereocenters. The molecule has 232 valence electrons. The fourth-order valence-corrected chi connectivity index (χ4v) is 7.88. The van der Waals surface area contributed by atoms with E-state index in [9.17, 15) is 14.4 Å². The van der Waals surface area contributed by atoms with Crippen LogP contribution in [-0.4, -0.2) is 45.6 Å². The van der Waals surface area contributed by atoms with E-state index in [-0.39, 0.29) is 30.7 Å². The molecule has 1 aliphatic heterocycles. The Labute approximate surface area is 278 Å². The maximum atomic E-state index is 14.2. The zero-order valence-electron chi connectivity index (χ0n) is 25.4. The van der Waals surface area contributed by atoms with Gasteiger partial charge in [-0.15, -0.1) is 0 Å². The number of carbonyl (C=O) groups excluding carboxylic acids is 3. The summed E-state index contributed by atoms with van der Waals surface area (Å²) < 4.78 is 0. The first-order chi connectivity index (χ1) is 22.7. The predicted octanol–water partition coefficient (Wildman–Crippen LogP) is 5.03. The number of aromatic nitrogens is 3. The van der Waals surface area contributed by atoms with Crippen LogP contribution >= 0.6 is 22.9 Å². The van der Waals surface area contributed by atoms with Gasteiger partial charge in [-0.25, -0.2) is 15.0 Å². The quantitative estimate of drug-likeness (QED) is 0.280. The third-order valence-electron chi connectivity index (χ3n) is 9.22. The number of rotatable bonds is 5. The molecule has 0 fully saturated rings. The van der Waals surface area contributed by atoms with Gasteiger partial charge in [-0.3, -0.25) is 14.4 Å². The molecule has 0 radical (unpaired) electrons. The number of nitrogens with zero attached hydrogens (tertiary/aromatic N) is 5. The number of amides is 1. The molecule has 0 saturated carbocycles. The molecule has 8 rings (SSSR count). The molecule has 2 aromatic heterocycles. The summed E-state index contributed by atoms with van der Waals surface area (Å²) in [6.45, 7) is 4.02. The highest BCUT2D eigenvalue weighted by molar-refractivity contribution is 7.19. The lowest BCUT2D eigenvalue weighted by Crippen LogP contribution is -2.59. The van der Waals surface area contributed by atoms with Gasteiger partial charge >= 0.3 is 0 Å². The fraction of sp³-hybridized carbons (Fsp3) is 0.167. The fourth-order valence-electron chi connectivity index (χ4n) is 6.91. The molecule has 47 heavy (non-hydrogen) atoms. The van der Waals surface area contributed by atoms with Crippen molar-refractivity contribution in [2.75, 3.05) is 28.3 Å². The molecule has 0 saturated heterocycles. The second-order valence-corrected chi connectivity index (χ2v) is 13.5. The summed E-state index contributed by atoms with van der Waals surface area (Å²) in [7, 11) is 0. The normalized spacial score (nSPS) is 19.3. The van der Waals surface area contributed by atoms with Crippen molar-refractivity contribution in [2.24, 2.45) is 5.92 Å². The van der Waals surface area contributed by atoms with Gasteiger partial charge in [0.2, 0.25) is 5.91 Å². The molecule has 3 heterocycles. The molecule has 1 amide bonds. The van der Waals surface area contributed by atoms with Gasteiger partial charge in [-0.2, -0.15) is 0 Å². The lowest BCUT2D eigenvalue weighted by atomic mass is 9.73. The highest BCUT2D eigenvalue weighted by atomic mass is 35.5. The van der Waals surface area contributed by atoms with Crippen LogP contribution in [0.5, 0.6) is 0 Å². The minimum atomic E-state index is -1.14. The second-order valence-electron chi connectivity index (χ2n) is 12.0. The molecule has 1 N–H and O–H groups in total. The number of ketones is 2. The van der Waals surface area contributed by atoms with Crippen LogP contribution in [0.3, 0.4) is 0 Å². The Balaban J connectivity index is 1.12. The number of benzene rings is 3. The van der Waals surface area contributed by atoms with E-state index in [0.29, 0.717) is 27.2 Å². The Morgan fingerprint density at radius 1 is 1.00 bits per heavy atom. The van der Waals surface area contributed by atoms with Crippen LogP contribution in [-0.2, 0) is 15.1 Å². The van der Waals surface area contributed by atoms with Crippen LogP contribution in [0.4, 0.5) is 16.6 Å². The summed E-state index contributed by atoms with van der Waals surface area (Å²) in [6.07, 6.45) is 8.49. The van der Waals surface area contributed by atoms with Crippen molar-refractivity contribution in [2.45, 2.75) is 19.4 Å². The van der Waals surface area contributed by atoms with Crippen molar-refractivity contribution in [3.05, 3.63) is 106 Å². The summed E-state index contributed by atoms with van der Waals surface area (Å²) in [4.78, 5) is 58.8. The van der Waals surface area contributed by atoms with Crippen LogP contribution in [0, 0.1) is 5.92 Å². The average Bonchev–Trinajstić information content (AvgIpc) is 3.69. The average molecular weight is 659 g/mol. The van der Waals surface area contributed by atoms with Gasteiger partial charge in [-0.05, 0) is 57.8 Å². The third-order valence-corrected chi connectivity index (χ3v) is 10.4. The van der Waals surface area contributed by atoms with Gasteiger partial charge in [0.1, 0.15) is 17.6 Å². The maximum Gasteiger partial charge on any atom is 0.245 e. The van der Waals surface area contributed by atoms with E-state index in [0.717, 1.165) is 37.6 Å². The van der Waals surface area contributed by atoms with Crippen molar-refractivity contribution < 1.29 is 14.4 Å². The Bertz CT molecular complexity index is 2270. The number of thiazole rings is 1. The molecule has 2 unspecified atom stereocenters. The smallest absolute Gasteiger partial charge is 0.245 e. The lowest BCUT2D eigenvalue weighted by molar-refractivity contribution is -0.126. The number of nitrogens with one attached hydrogen (secondary N) is 1. The lowest BCUT2D eigenvalue weighted by Gasteiger charge is -2.42. The summed E-state index contributed by atoms with van der Waals surface area (Å²) >= 11 is 7.40. The highest BCUT2D eigenvalue weighted by Gasteiger charge is 2.50. The first-order valence-corrected chi connectivity index (χ1v) is 16.3. The van der Waals surface area contributed by atoms with E-state index < -0.39 is 11.5 Å². The maximum absolute atomic E-state index is 14.2. The first-order valence-electron chi connectivity index (χ1n) is 15.1. The minimum Gasteiger partial charge on any atom is -0.340 e. The number of halogens is 1. The Morgan fingerprint density at radius 3 is 2.60 bits per heavy atom. The van der Waals surface area contributed by atoms with E-state index in [2.05, 4.69) is 20.3 Å². The summed E-state index contributed by atoms with van der Waals surface area (Å²) in [5, 5.41) is 5.72. The topological polar surface area (TPSA) is 108 Å². The Hall–Kier alpha value is -5.19. The zero-order chi connectivity index (χ0) is 32.4. The van der Waals surface area contributed by atoms with E-state index >= 15 is 0 Å². The summed E-state index contributed by atoms with van der Waals surface area (Å²) in [5.41, 5.74) is 3.77. The molecule has 0 spiro atoms. The van der Waals surface area contributed by atoms with Crippen LogP contribution in [0.15, 0.2) is 79.4 Å². The van der Waals surface area contributed by atoms with Gasteiger partial charge in [0.05, 0.1) is 24.3 Å². The molecule has 0 bridgehead atoms. The predicted molar refractivity (Wildman–Crippen MR) is 184 cm³/mol. The van der Waals surface area contributed by atoms with E-state index in [1.54, 1.807) is 18.5 Å². The molecule has 9 nitrogen and oxygen atoms in total. The number of carbonyl (C=O) groups is 3.